The van der Waals surface area contributed by atoms with Gasteiger partial charge in [-0.2, -0.15) is 0 Å². The summed E-state index contributed by atoms with van der Waals surface area (Å²) in [5, 5.41) is 0.700. The Labute approximate surface area is 173 Å². The Morgan fingerprint density at radius 1 is 1.11 bits per heavy atom. The quantitative estimate of drug-likeness (QED) is 0.373. The number of carbonyl (C=O) groups excluding carboxylic acids is 1. The molecular weight excluding hydrogens is 442 g/mol. The van der Waals surface area contributed by atoms with Crippen molar-refractivity contribution in [1.29, 1.82) is 0 Å². The van der Waals surface area contributed by atoms with Crippen molar-refractivity contribution in [3.8, 4) is 0 Å². The van der Waals surface area contributed by atoms with Crippen LogP contribution in [0.4, 0.5) is 5.13 Å². The predicted octanol–water partition coefficient (Wildman–Crippen LogP) is 5.92. The SMILES string of the molecule is CCc1cccc2sc(N(Cc3ccccn3)C(=O)c3ccc(Br)s3)nc12. The van der Waals surface area contributed by atoms with Crippen LogP contribution < -0.4 is 4.90 Å². The molecule has 0 unspecified atom stereocenters. The number of benzene rings is 1. The van der Waals surface area contributed by atoms with Crippen molar-refractivity contribution in [2.75, 3.05) is 4.90 Å². The molecule has 0 atom stereocenters. The average Bonchev–Trinajstić information content (AvgIpc) is 3.32. The first-order valence-electron chi connectivity index (χ1n) is 8.51. The summed E-state index contributed by atoms with van der Waals surface area (Å²) in [6, 6.07) is 15.7. The van der Waals surface area contributed by atoms with Gasteiger partial charge in [0.05, 0.1) is 31.1 Å². The number of rotatable bonds is 5. The van der Waals surface area contributed by atoms with Gasteiger partial charge in [-0.25, -0.2) is 4.98 Å². The van der Waals surface area contributed by atoms with Crippen LogP contribution in [0.1, 0.15) is 27.9 Å². The number of aromatic nitrogens is 2. The Morgan fingerprint density at radius 2 is 2.00 bits per heavy atom. The predicted molar refractivity (Wildman–Crippen MR) is 116 cm³/mol. The molecule has 3 aromatic heterocycles. The van der Waals surface area contributed by atoms with Crippen molar-refractivity contribution in [3.05, 3.63) is 74.6 Å². The number of hydrogen-bond acceptors (Lipinski definition) is 5. The molecule has 4 rings (SSSR count). The minimum absolute atomic E-state index is 0.0616. The Bertz CT molecular complexity index is 1090. The molecule has 27 heavy (non-hydrogen) atoms. The van der Waals surface area contributed by atoms with Crippen molar-refractivity contribution in [2.24, 2.45) is 0 Å². The zero-order valence-electron chi connectivity index (χ0n) is 14.6. The highest BCUT2D eigenvalue weighted by Crippen LogP contribution is 2.33. The number of fused-ring (bicyclic) bond motifs is 1. The smallest absolute Gasteiger partial charge is 0.270 e. The van der Waals surface area contributed by atoms with E-state index in [4.69, 9.17) is 4.98 Å². The number of thiazole rings is 1. The lowest BCUT2D eigenvalue weighted by atomic mass is 10.1. The molecule has 0 saturated carbocycles. The summed E-state index contributed by atoms with van der Waals surface area (Å²) in [5.74, 6) is -0.0616. The summed E-state index contributed by atoms with van der Waals surface area (Å²) in [4.78, 5) is 24.9. The fraction of sp³-hybridized carbons (Fsp3) is 0.150. The zero-order chi connectivity index (χ0) is 18.8. The zero-order valence-corrected chi connectivity index (χ0v) is 17.8. The number of aryl methyl sites for hydroxylation is 1. The molecule has 0 aliphatic rings. The van der Waals surface area contributed by atoms with Crippen molar-refractivity contribution in [3.63, 3.8) is 0 Å². The summed E-state index contributed by atoms with van der Waals surface area (Å²) in [7, 11) is 0. The molecule has 4 nitrogen and oxygen atoms in total. The number of anilines is 1. The van der Waals surface area contributed by atoms with Gasteiger partial charge >= 0.3 is 0 Å². The highest BCUT2D eigenvalue weighted by molar-refractivity contribution is 9.11. The van der Waals surface area contributed by atoms with Crippen LogP contribution in [0.3, 0.4) is 0 Å². The minimum atomic E-state index is -0.0616. The van der Waals surface area contributed by atoms with E-state index in [-0.39, 0.29) is 5.91 Å². The molecule has 3 heterocycles. The Hall–Kier alpha value is -2.09. The third kappa shape index (κ3) is 3.81. The van der Waals surface area contributed by atoms with Crippen LogP contribution in [0.2, 0.25) is 0 Å². The van der Waals surface area contributed by atoms with Gasteiger partial charge in [-0.3, -0.25) is 14.7 Å². The molecule has 0 N–H and O–H groups in total. The molecule has 0 aliphatic carbocycles. The lowest BCUT2D eigenvalue weighted by molar-refractivity contribution is 0.0988. The van der Waals surface area contributed by atoms with Gasteiger partial charge in [0.2, 0.25) is 0 Å². The van der Waals surface area contributed by atoms with Crippen LogP contribution in [-0.2, 0) is 13.0 Å². The maximum atomic E-state index is 13.2. The van der Waals surface area contributed by atoms with Crippen LogP contribution in [0.25, 0.3) is 10.2 Å². The number of pyridine rings is 1. The monoisotopic (exact) mass is 457 g/mol. The Morgan fingerprint density at radius 3 is 2.70 bits per heavy atom. The van der Waals surface area contributed by atoms with Crippen molar-refractivity contribution in [2.45, 2.75) is 19.9 Å². The molecule has 4 aromatic rings. The highest BCUT2D eigenvalue weighted by Gasteiger charge is 2.24. The lowest BCUT2D eigenvalue weighted by Gasteiger charge is -2.18. The van der Waals surface area contributed by atoms with E-state index < -0.39 is 0 Å². The van der Waals surface area contributed by atoms with E-state index >= 15 is 0 Å². The van der Waals surface area contributed by atoms with Crippen molar-refractivity contribution < 1.29 is 4.79 Å². The van der Waals surface area contributed by atoms with E-state index in [1.165, 1.54) is 16.9 Å². The Balaban J connectivity index is 1.78. The van der Waals surface area contributed by atoms with Crippen LogP contribution in [0.5, 0.6) is 0 Å². The number of thiophene rings is 1. The number of halogens is 1. The number of carbonyl (C=O) groups is 1. The van der Waals surface area contributed by atoms with Crippen molar-refractivity contribution >= 4 is 59.9 Å². The molecule has 0 saturated heterocycles. The van der Waals surface area contributed by atoms with Crippen LogP contribution in [-0.4, -0.2) is 15.9 Å². The second-order valence-electron chi connectivity index (χ2n) is 5.93. The normalized spacial score (nSPS) is 11.0. The number of amides is 1. The van der Waals surface area contributed by atoms with E-state index in [0.717, 1.165) is 26.1 Å². The van der Waals surface area contributed by atoms with Gasteiger partial charge in [0, 0.05) is 6.20 Å². The minimum Gasteiger partial charge on any atom is -0.277 e. The first-order valence-corrected chi connectivity index (χ1v) is 10.9. The van der Waals surface area contributed by atoms with Gasteiger partial charge < -0.3 is 0 Å². The summed E-state index contributed by atoms with van der Waals surface area (Å²) in [6.45, 7) is 2.50. The first kappa shape index (κ1) is 18.3. The topological polar surface area (TPSA) is 46.1 Å². The van der Waals surface area contributed by atoms with Gasteiger partial charge in [0.15, 0.2) is 5.13 Å². The van der Waals surface area contributed by atoms with E-state index in [1.54, 1.807) is 22.4 Å². The van der Waals surface area contributed by atoms with E-state index in [2.05, 4.69) is 40.0 Å². The van der Waals surface area contributed by atoms with Crippen LogP contribution >= 0.6 is 38.6 Å². The van der Waals surface area contributed by atoms with Gasteiger partial charge in [-0.05, 0) is 58.2 Å². The van der Waals surface area contributed by atoms with Gasteiger partial charge in [-0.15, -0.1) is 11.3 Å². The largest absolute Gasteiger partial charge is 0.277 e. The summed E-state index contributed by atoms with van der Waals surface area (Å²) < 4.78 is 2.02. The fourth-order valence-corrected chi connectivity index (χ4v) is 5.18. The number of hydrogen-bond donors (Lipinski definition) is 0. The fourth-order valence-electron chi connectivity index (χ4n) is 2.84. The van der Waals surface area contributed by atoms with E-state index in [1.807, 2.05) is 36.4 Å². The van der Waals surface area contributed by atoms with E-state index in [9.17, 15) is 4.79 Å². The number of para-hydroxylation sites is 1. The third-order valence-electron chi connectivity index (χ3n) is 4.18. The van der Waals surface area contributed by atoms with Gasteiger partial charge in [0.1, 0.15) is 0 Å². The molecule has 136 valence electrons. The second kappa shape index (κ2) is 7.88. The summed E-state index contributed by atoms with van der Waals surface area (Å²) >= 11 is 6.41. The average molecular weight is 458 g/mol. The molecule has 0 bridgehead atoms. The molecule has 0 spiro atoms. The number of nitrogens with zero attached hydrogens (tertiary/aromatic N) is 3. The molecule has 0 aliphatic heterocycles. The molecule has 1 aromatic carbocycles. The van der Waals surface area contributed by atoms with Crippen LogP contribution in [0.15, 0.2) is 58.5 Å². The molecule has 7 heteroatoms. The summed E-state index contributed by atoms with van der Waals surface area (Å²) in [6.07, 6.45) is 2.65. The molecule has 0 fully saturated rings. The Kier molecular flexibility index (Phi) is 5.33. The van der Waals surface area contributed by atoms with E-state index in [0.29, 0.717) is 16.6 Å². The maximum Gasteiger partial charge on any atom is 0.270 e. The molecule has 0 radical (unpaired) electrons. The maximum absolute atomic E-state index is 13.2. The third-order valence-corrected chi connectivity index (χ3v) is 6.83. The van der Waals surface area contributed by atoms with Crippen molar-refractivity contribution in [1.82, 2.24) is 9.97 Å². The summed E-state index contributed by atoms with van der Waals surface area (Å²) in [5.41, 5.74) is 3.00. The second-order valence-corrected chi connectivity index (χ2v) is 9.40. The lowest BCUT2D eigenvalue weighted by Crippen LogP contribution is -2.30. The molecule has 1 amide bonds. The highest BCUT2D eigenvalue weighted by atomic mass is 79.9. The standard InChI is InChI=1S/C20H16BrN3OS2/c1-2-13-6-5-8-15-18(13)23-20(27-15)24(12-14-7-3-4-11-22-14)19(25)16-9-10-17(21)26-16/h3-11H,2,12H2,1H3. The first-order chi connectivity index (χ1) is 13.2. The van der Waals surface area contributed by atoms with Gasteiger partial charge in [-0.1, -0.05) is 36.5 Å². The molecular formula is C20H16BrN3OS2. The van der Waals surface area contributed by atoms with Gasteiger partial charge in [0.25, 0.3) is 5.91 Å². The van der Waals surface area contributed by atoms with Crippen LogP contribution in [0, 0.1) is 0 Å².